The minimum absolute atomic E-state index is 0.117. The Balaban J connectivity index is 2.08. The molecule has 3 rings (SSSR count). The van der Waals surface area contributed by atoms with Crippen molar-refractivity contribution in [3.05, 3.63) is 47.0 Å². The molecule has 1 atom stereocenters. The quantitative estimate of drug-likeness (QED) is 0.841. The predicted octanol–water partition coefficient (Wildman–Crippen LogP) is 3.43. The first-order chi connectivity index (χ1) is 12.2. The molecule has 2 aromatic rings. The number of aromatic hydroxyl groups is 1. The first-order valence-corrected chi connectivity index (χ1v) is 8.70. The highest BCUT2D eigenvalue weighted by Gasteiger charge is 2.26. The summed E-state index contributed by atoms with van der Waals surface area (Å²) in [4.78, 5) is 0. The largest absolute Gasteiger partial charge is 0.508 e. The molecule has 0 saturated carbocycles. The van der Waals surface area contributed by atoms with E-state index in [4.69, 9.17) is 14.2 Å². The van der Waals surface area contributed by atoms with E-state index < -0.39 is 0 Å². The average molecular weight is 343 g/mol. The maximum absolute atomic E-state index is 10.4. The van der Waals surface area contributed by atoms with E-state index in [1.807, 2.05) is 26.0 Å². The van der Waals surface area contributed by atoms with Gasteiger partial charge in [0.1, 0.15) is 11.5 Å². The lowest BCUT2D eigenvalue weighted by molar-refractivity contribution is 0.286. The van der Waals surface area contributed by atoms with Gasteiger partial charge in [-0.25, -0.2) is 0 Å². The van der Waals surface area contributed by atoms with Gasteiger partial charge in [0, 0.05) is 12.1 Å². The van der Waals surface area contributed by atoms with Crippen LogP contribution < -0.4 is 19.5 Å². The van der Waals surface area contributed by atoms with Crippen LogP contribution in [-0.2, 0) is 6.42 Å². The number of phenols is 1. The fourth-order valence-electron chi connectivity index (χ4n) is 3.27. The Kier molecular flexibility index (Phi) is 5.34. The highest BCUT2D eigenvalue weighted by atomic mass is 16.5. The van der Waals surface area contributed by atoms with Crippen molar-refractivity contribution in [2.75, 3.05) is 26.9 Å². The van der Waals surface area contributed by atoms with Crippen molar-refractivity contribution in [3.63, 3.8) is 0 Å². The van der Waals surface area contributed by atoms with E-state index in [0.717, 1.165) is 41.3 Å². The average Bonchev–Trinajstić information content (AvgIpc) is 2.63. The molecule has 0 bridgehead atoms. The molecule has 0 amide bonds. The number of hydrogen-bond donors (Lipinski definition) is 2. The van der Waals surface area contributed by atoms with Crippen molar-refractivity contribution >= 4 is 0 Å². The number of benzene rings is 2. The number of ether oxygens (including phenoxy) is 3. The van der Waals surface area contributed by atoms with Gasteiger partial charge in [-0.2, -0.15) is 0 Å². The Hall–Kier alpha value is -2.40. The van der Waals surface area contributed by atoms with Crippen LogP contribution in [0.1, 0.15) is 36.6 Å². The molecule has 0 aliphatic carbocycles. The van der Waals surface area contributed by atoms with Gasteiger partial charge in [0.15, 0.2) is 11.5 Å². The molecule has 5 heteroatoms. The van der Waals surface area contributed by atoms with Crippen LogP contribution >= 0.6 is 0 Å². The summed E-state index contributed by atoms with van der Waals surface area (Å²) in [7, 11) is 1.62. The van der Waals surface area contributed by atoms with E-state index in [9.17, 15) is 5.11 Å². The number of nitrogens with one attached hydrogen (secondary N) is 1. The van der Waals surface area contributed by atoms with E-state index in [1.54, 1.807) is 19.2 Å². The Labute approximate surface area is 148 Å². The lowest BCUT2D eigenvalue weighted by Gasteiger charge is -2.29. The van der Waals surface area contributed by atoms with Crippen LogP contribution in [0.25, 0.3) is 0 Å². The van der Waals surface area contributed by atoms with Gasteiger partial charge in [0.05, 0.1) is 26.4 Å². The normalized spacial score (nSPS) is 16.2. The van der Waals surface area contributed by atoms with Gasteiger partial charge in [0.2, 0.25) is 0 Å². The summed E-state index contributed by atoms with van der Waals surface area (Å²) in [5.74, 6) is 2.48. The van der Waals surface area contributed by atoms with Crippen LogP contribution in [0.4, 0.5) is 0 Å². The minimum atomic E-state index is -0.117. The summed E-state index contributed by atoms with van der Waals surface area (Å²) < 4.78 is 16.8. The maximum Gasteiger partial charge on any atom is 0.161 e. The van der Waals surface area contributed by atoms with Crippen molar-refractivity contribution in [3.8, 4) is 23.0 Å². The van der Waals surface area contributed by atoms with E-state index in [0.29, 0.717) is 13.2 Å². The van der Waals surface area contributed by atoms with Gasteiger partial charge in [0.25, 0.3) is 0 Å². The number of methoxy groups -OCH3 is 1. The minimum Gasteiger partial charge on any atom is -0.508 e. The van der Waals surface area contributed by atoms with Gasteiger partial charge >= 0.3 is 0 Å². The molecule has 1 heterocycles. The fourth-order valence-corrected chi connectivity index (χ4v) is 3.27. The fraction of sp³-hybridized carbons (Fsp3) is 0.400. The maximum atomic E-state index is 10.4. The van der Waals surface area contributed by atoms with Crippen LogP contribution in [0.2, 0.25) is 0 Å². The van der Waals surface area contributed by atoms with E-state index in [-0.39, 0.29) is 11.8 Å². The van der Waals surface area contributed by atoms with Gasteiger partial charge < -0.3 is 24.6 Å². The summed E-state index contributed by atoms with van der Waals surface area (Å²) in [5, 5.41) is 13.9. The summed E-state index contributed by atoms with van der Waals surface area (Å²) in [6.45, 7) is 5.92. The highest BCUT2D eigenvalue weighted by molar-refractivity contribution is 5.54. The molecule has 2 aromatic carbocycles. The number of fused-ring (bicyclic) bond motifs is 1. The first-order valence-electron chi connectivity index (χ1n) is 8.70. The molecule has 0 radical (unpaired) electrons. The topological polar surface area (TPSA) is 60.0 Å². The Bertz CT molecular complexity index is 745. The van der Waals surface area contributed by atoms with Crippen LogP contribution in [-0.4, -0.2) is 32.0 Å². The predicted molar refractivity (Wildman–Crippen MR) is 97.0 cm³/mol. The SMILES string of the molecule is CCOc1cc2c(cc1OCC)C(c1cc(OC)ccc1O)NCC2. The summed E-state index contributed by atoms with van der Waals surface area (Å²) in [5.41, 5.74) is 3.10. The zero-order valence-electron chi connectivity index (χ0n) is 15.0. The molecule has 1 unspecified atom stereocenters. The lowest BCUT2D eigenvalue weighted by atomic mass is 9.89. The van der Waals surface area contributed by atoms with E-state index in [2.05, 4.69) is 11.4 Å². The van der Waals surface area contributed by atoms with E-state index >= 15 is 0 Å². The second-order valence-electron chi connectivity index (χ2n) is 5.93. The van der Waals surface area contributed by atoms with Crippen LogP contribution in [0, 0.1) is 0 Å². The van der Waals surface area contributed by atoms with Crippen molar-refractivity contribution in [1.29, 1.82) is 0 Å². The van der Waals surface area contributed by atoms with Crippen LogP contribution in [0.3, 0.4) is 0 Å². The van der Waals surface area contributed by atoms with Crippen molar-refractivity contribution < 1.29 is 19.3 Å². The molecule has 0 saturated heterocycles. The Morgan fingerprint density at radius 1 is 1.04 bits per heavy atom. The molecule has 25 heavy (non-hydrogen) atoms. The van der Waals surface area contributed by atoms with Crippen LogP contribution in [0.5, 0.6) is 23.0 Å². The smallest absolute Gasteiger partial charge is 0.161 e. The summed E-state index contributed by atoms with van der Waals surface area (Å²) in [6.07, 6.45) is 0.906. The Morgan fingerprint density at radius 2 is 1.76 bits per heavy atom. The first kappa shape index (κ1) is 17.4. The zero-order valence-corrected chi connectivity index (χ0v) is 15.0. The third-order valence-corrected chi connectivity index (χ3v) is 4.40. The van der Waals surface area contributed by atoms with Crippen molar-refractivity contribution in [2.45, 2.75) is 26.3 Å². The van der Waals surface area contributed by atoms with Crippen molar-refractivity contribution in [1.82, 2.24) is 5.32 Å². The standard InChI is InChI=1S/C20H25NO4/c1-4-24-18-10-13-8-9-21-20(15(13)12-19(18)25-5-2)16-11-14(23-3)6-7-17(16)22/h6-7,10-12,20-22H,4-5,8-9H2,1-3H3. The molecular weight excluding hydrogens is 318 g/mol. The van der Waals surface area contributed by atoms with Gasteiger partial charge in [-0.1, -0.05) is 0 Å². The van der Waals surface area contributed by atoms with Gasteiger partial charge in [-0.05, 0) is 61.7 Å². The monoisotopic (exact) mass is 343 g/mol. The molecule has 0 spiro atoms. The molecular formula is C20H25NO4. The molecule has 2 N–H and O–H groups in total. The molecule has 0 aromatic heterocycles. The lowest BCUT2D eigenvalue weighted by Crippen LogP contribution is -2.30. The Morgan fingerprint density at radius 3 is 2.44 bits per heavy atom. The zero-order chi connectivity index (χ0) is 17.8. The van der Waals surface area contributed by atoms with Gasteiger partial charge in [-0.15, -0.1) is 0 Å². The summed E-state index contributed by atoms with van der Waals surface area (Å²) in [6, 6.07) is 9.27. The molecule has 1 aliphatic heterocycles. The molecule has 0 fully saturated rings. The summed E-state index contributed by atoms with van der Waals surface area (Å²) >= 11 is 0. The number of phenolic OH excluding ortho intramolecular Hbond substituents is 1. The van der Waals surface area contributed by atoms with Gasteiger partial charge in [-0.3, -0.25) is 0 Å². The number of rotatable bonds is 6. The second kappa shape index (κ2) is 7.66. The van der Waals surface area contributed by atoms with Crippen LogP contribution in [0.15, 0.2) is 30.3 Å². The molecule has 5 nitrogen and oxygen atoms in total. The highest BCUT2D eigenvalue weighted by Crippen LogP contribution is 2.40. The second-order valence-corrected chi connectivity index (χ2v) is 5.93. The third-order valence-electron chi connectivity index (χ3n) is 4.40. The molecule has 134 valence electrons. The molecule has 1 aliphatic rings. The van der Waals surface area contributed by atoms with Crippen molar-refractivity contribution in [2.24, 2.45) is 0 Å². The number of hydrogen-bond acceptors (Lipinski definition) is 5. The van der Waals surface area contributed by atoms with E-state index in [1.165, 1.54) is 5.56 Å². The third kappa shape index (κ3) is 3.51.